The summed E-state index contributed by atoms with van der Waals surface area (Å²) in [4.78, 5) is 46.4. The second kappa shape index (κ2) is 12.5. The molecule has 1 N–H and O–H groups in total. The summed E-state index contributed by atoms with van der Waals surface area (Å²) in [6.45, 7) is 0.748. The van der Waals surface area contributed by atoms with Gasteiger partial charge in [-0.1, -0.05) is 36.4 Å². The van der Waals surface area contributed by atoms with Crippen LogP contribution in [0, 0.1) is 0 Å². The summed E-state index contributed by atoms with van der Waals surface area (Å²) in [6.07, 6.45) is 0. The van der Waals surface area contributed by atoms with Gasteiger partial charge in [0.2, 0.25) is 11.8 Å². The van der Waals surface area contributed by atoms with Crippen molar-refractivity contribution in [2.24, 2.45) is 4.99 Å². The number of anilines is 2. The Kier molecular flexibility index (Phi) is 8.85. The molecule has 1 unspecified atom stereocenters. The molecule has 0 saturated heterocycles. The maximum Gasteiger partial charge on any atom is 0.338 e. The molecule has 1 aliphatic rings. The Morgan fingerprint density at radius 1 is 0.923 bits per heavy atom. The zero-order chi connectivity index (χ0) is 27.9. The van der Waals surface area contributed by atoms with Gasteiger partial charge < -0.3 is 24.6 Å². The Balaban J connectivity index is 1.66. The third-order valence-electron chi connectivity index (χ3n) is 6.30. The monoisotopic (exact) mass is 528 g/mol. The molecule has 0 saturated carbocycles. The first-order valence-corrected chi connectivity index (χ1v) is 12.5. The highest BCUT2D eigenvalue weighted by molar-refractivity contribution is 6.24. The van der Waals surface area contributed by atoms with Gasteiger partial charge in [-0.3, -0.25) is 14.6 Å². The predicted molar refractivity (Wildman–Crippen MR) is 151 cm³/mol. The van der Waals surface area contributed by atoms with Crippen LogP contribution < -0.4 is 10.2 Å². The number of esters is 1. The third kappa shape index (κ3) is 6.57. The van der Waals surface area contributed by atoms with E-state index in [1.165, 1.54) is 7.11 Å². The number of amides is 2. The number of hydrogen-bond donors (Lipinski definition) is 1. The zero-order valence-electron chi connectivity index (χ0n) is 22.5. The van der Waals surface area contributed by atoms with Gasteiger partial charge in [0.1, 0.15) is 12.5 Å². The number of fused-ring (bicyclic) bond motifs is 1. The summed E-state index contributed by atoms with van der Waals surface area (Å²) >= 11 is 0. The minimum Gasteiger partial charge on any atom is -0.460 e. The molecule has 9 heteroatoms. The largest absolute Gasteiger partial charge is 0.460 e. The number of benzene rings is 3. The van der Waals surface area contributed by atoms with Gasteiger partial charge in [0, 0.05) is 25.5 Å². The van der Waals surface area contributed by atoms with Crippen LogP contribution in [0.3, 0.4) is 0 Å². The lowest BCUT2D eigenvalue weighted by atomic mass is 9.90. The van der Waals surface area contributed by atoms with Crippen LogP contribution in [0.15, 0.2) is 77.8 Å². The maximum atomic E-state index is 13.3. The molecule has 0 fully saturated rings. The lowest BCUT2D eigenvalue weighted by Crippen LogP contribution is -2.34. The van der Waals surface area contributed by atoms with Crippen LogP contribution in [0.2, 0.25) is 0 Å². The van der Waals surface area contributed by atoms with Crippen LogP contribution in [-0.4, -0.2) is 76.4 Å². The van der Waals surface area contributed by atoms with E-state index >= 15 is 0 Å². The number of methoxy groups -OCH3 is 1. The van der Waals surface area contributed by atoms with Crippen LogP contribution in [0.5, 0.6) is 0 Å². The van der Waals surface area contributed by atoms with Gasteiger partial charge >= 0.3 is 5.97 Å². The minimum atomic E-state index is -0.676. The highest BCUT2D eigenvalue weighted by Crippen LogP contribution is 2.37. The molecule has 4 rings (SSSR count). The number of hydrogen-bond acceptors (Lipinski definition) is 7. The molecule has 0 radical (unpaired) electrons. The van der Waals surface area contributed by atoms with Crippen molar-refractivity contribution in [2.45, 2.75) is 5.92 Å². The van der Waals surface area contributed by atoms with E-state index in [4.69, 9.17) is 14.5 Å². The van der Waals surface area contributed by atoms with E-state index in [1.54, 1.807) is 30.1 Å². The Morgan fingerprint density at radius 3 is 2.31 bits per heavy atom. The smallest absolute Gasteiger partial charge is 0.338 e. The van der Waals surface area contributed by atoms with Gasteiger partial charge in [-0.25, -0.2) is 4.79 Å². The topological polar surface area (TPSA) is 101 Å². The summed E-state index contributed by atoms with van der Waals surface area (Å²) in [5, 5.41) is 2.90. The quantitative estimate of drug-likeness (QED) is 0.244. The number of aliphatic imine (C=N–C) groups is 1. The molecule has 9 nitrogen and oxygen atoms in total. The minimum absolute atomic E-state index is 0.0255. The van der Waals surface area contributed by atoms with Crippen molar-refractivity contribution in [3.8, 4) is 0 Å². The zero-order valence-corrected chi connectivity index (χ0v) is 22.5. The van der Waals surface area contributed by atoms with Gasteiger partial charge in [-0.05, 0) is 61.6 Å². The van der Waals surface area contributed by atoms with E-state index in [1.807, 2.05) is 73.6 Å². The molecular formula is C30H32N4O5. The average molecular weight is 529 g/mol. The number of carbonyl (C=O) groups excluding carboxylic acids is 3. The fourth-order valence-corrected chi connectivity index (χ4v) is 4.28. The standard InChI is InChI=1S/C30H32N4O5/c1-33(2)19-26(35)34(3)23-13-11-22(12-14-23)31-28(20-8-6-5-7-9-20)27-24-15-10-21(18-25(24)32-29(27)36)30(37)39-17-16-38-4/h5-15,18,27H,16-17,19H2,1-4H3,(H,32,36). The molecular weight excluding hydrogens is 496 g/mol. The lowest BCUT2D eigenvalue weighted by molar-refractivity contribution is -0.119. The highest BCUT2D eigenvalue weighted by Gasteiger charge is 2.36. The first kappa shape index (κ1) is 27.7. The number of nitrogens with zero attached hydrogens (tertiary/aromatic N) is 3. The number of ether oxygens (including phenoxy) is 2. The lowest BCUT2D eigenvalue weighted by Gasteiger charge is -2.20. The number of likely N-dealkylation sites (N-methyl/N-ethyl adjacent to an activating group) is 2. The van der Waals surface area contributed by atoms with Crippen molar-refractivity contribution >= 4 is 40.6 Å². The molecule has 1 aliphatic heterocycles. The maximum absolute atomic E-state index is 13.3. The Morgan fingerprint density at radius 2 is 1.64 bits per heavy atom. The van der Waals surface area contributed by atoms with Crippen molar-refractivity contribution in [1.29, 1.82) is 0 Å². The molecule has 1 heterocycles. The number of rotatable bonds is 10. The van der Waals surface area contributed by atoms with Gasteiger partial charge in [0.05, 0.1) is 30.1 Å². The van der Waals surface area contributed by atoms with E-state index in [2.05, 4.69) is 5.32 Å². The van der Waals surface area contributed by atoms with Crippen LogP contribution in [0.4, 0.5) is 17.1 Å². The fraction of sp³-hybridized carbons (Fsp3) is 0.267. The van der Waals surface area contributed by atoms with Crippen molar-refractivity contribution in [2.75, 3.05) is 58.2 Å². The Labute approximate surface area is 228 Å². The van der Waals surface area contributed by atoms with Crippen molar-refractivity contribution < 1.29 is 23.9 Å². The van der Waals surface area contributed by atoms with Crippen LogP contribution in [0.25, 0.3) is 0 Å². The third-order valence-corrected chi connectivity index (χ3v) is 6.30. The normalized spacial score (nSPS) is 14.6. The van der Waals surface area contributed by atoms with Crippen LogP contribution >= 0.6 is 0 Å². The van der Waals surface area contributed by atoms with Crippen molar-refractivity contribution in [1.82, 2.24) is 4.90 Å². The fourth-order valence-electron chi connectivity index (χ4n) is 4.28. The summed E-state index contributed by atoms with van der Waals surface area (Å²) in [6, 6.07) is 21.9. The molecule has 0 spiro atoms. The second-order valence-electron chi connectivity index (χ2n) is 9.42. The average Bonchev–Trinajstić information content (AvgIpc) is 3.26. The van der Waals surface area contributed by atoms with Crippen molar-refractivity contribution in [3.05, 3.63) is 89.5 Å². The second-order valence-corrected chi connectivity index (χ2v) is 9.42. The predicted octanol–water partition coefficient (Wildman–Crippen LogP) is 3.87. The summed E-state index contributed by atoms with van der Waals surface area (Å²) < 4.78 is 10.1. The van der Waals surface area contributed by atoms with Gasteiger partial charge in [0.15, 0.2) is 0 Å². The van der Waals surface area contributed by atoms with Crippen LogP contribution in [0.1, 0.15) is 27.4 Å². The van der Waals surface area contributed by atoms with E-state index in [9.17, 15) is 14.4 Å². The molecule has 0 aliphatic carbocycles. The summed E-state index contributed by atoms with van der Waals surface area (Å²) in [5.41, 5.74) is 4.38. The van der Waals surface area contributed by atoms with E-state index in [-0.39, 0.29) is 18.4 Å². The van der Waals surface area contributed by atoms with E-state index in [0.29, 0.717) is 35.8 Å². The molecule has 39 heavy (non-hydrogen) atoms. The van der Waals surface area contributed by atoms with Gasteiger partial charge in [-0.2, -0.15) is 0 Å². The number of carbonyl (C=O) groups is 3. The molecule has 0 aromatic heterocycles. The summed E-state index contributed by atoms with van der Waals surface area (Å²) in [5.74, 6) is -1.42. The molecule has 0 bridgehead atoms. The highest BCUT2D eigenvalue weighted by atomic mass is 16.6. The van der Waals surface area contributed by atoms with Crippen LogP contribution in [-0.2, 0) is 19.1 Å². The first-order valence-electron chi connectivity index (χ1n) is 12.5. The van der Waals surface area contributed by atoms with Crippen molar-refractivity contribution in [3.63, 3.8) is 0 Å². The molecule has 1 atom stereocenters. The molecule has 3 aromatic carbocycles. The molecule has 2 amide bonds. The number of nitrogens with one attached hydrogen (secondary N) is 1. The van der Waals surface area contributed by atoms with E-state index in [0.717, 1.165) is 16.8 Å². The van der Waals surface area contributed by atoms with Gasteiger partial charge in [0.25, 0.3) is 0 Å². The molecule has 202 valence electrons. The SMILES string of the molecule is COCCOC(=O)c1ccc2c(c1)NC(=O)C2C(=Nc1ccc(N(C)C(=O)CN(C)C)cc1)c1ccccc1. The Bertz CT molecular complexity index is 1370. The Hall–Kier alpha value is -4.34. The van der Waals surface area contributed by atoms with E-state index < -0.39 is 11.9 Å². The first-order chi connectivity index (χ1) is 18.8. The van der Waals surface area contributed by atoms with Gasteiger partial charge in [-0.15, -0.1) is 0 Å². The summed E-state index contributed by atoms with van der Waals surface area (Å²) in [7, 11) is 6.97. The molecule has 3 aromatic rings.